The second kappa shape index (κ2) is 7.25. The van der Waals surface area contributed by atoms with E-state index >= 15 is 0 Å². The van der Waals surface area contributed by atoms with Crippen molar-refractivity contribution in [3.63, 3.8) is 0 Å². The summed E-state index contributed by atoms with van der Waals surface area (Å²) in [5, 5.41) is 0. The Bertz CT molecular complexity index is 524. The number of rotatable bonds is 3. The second-order valence-corrected chi connectivity index (χ2v) is 4.67. The number of hydrogen-bond acceptors (Lipinski definition) is 0. The van der Waals surface area contributed by atoms with Crippen LogP contribution in [0.1, 0.15) is 22.6 Å². The smallest absolute Gasteiger partial charge is 0.0339 e. The molecule has 0 aliphatic heterocycles. The third-order valence-corrected chi connectivity index (χ3v) is 3.40. The molecule has 0 atom stereocenters. The van der Waals surface area contributed by atoms with E-state index in [2.05, 4.69) is 91.0 Å². The Morgan fingerprint density at radius 2 is 0.650 bits per heavy atom. The predicted molar refractivity (Wildman–Crippen MR) is 80.3 cm³/mol. The first-order chi connectivity index (χ1) is 9.45. The largest absolute Gasteiger partial charge is 0.0622 e. The van der Waals surface area contributed by atoms with Crippen molar-refractivity contribution < 1.29 is 22.4 Å². The first-order valence-electron chi connectivity index (χ1n) is 6.60. The standard InChI is InChI=1S/C19H16.Au/c1-4-10-16(11-5-1)19(17-12-6-2-7-13-17)18-14-8-3-9-15-18;/h1-15,19H;. The van der Waals surface area contributed by atoms with E-state index in [0.717, 1.165) is 0 Å². The fourth-order valence-electron chi connectivity index (χ4n) is 2.51. The van der Waals surface area contributed by atoms with E-state index in [1.165, 1.54) is 16.7 Å². The third-order valence-electron chi connectivity index (χ3n) is 3.40. The Balaban J connectivity index is 0.00000147. The van der Waals surface area contributed by atoms with Crippen LogP contribution in [0.2, 0.25) is 0 Å². The second-order valence-electron chi connectivity index (χ2n) is 4.67. The van der Waals surface area contributed by atoms with Crippen molar-refractivity contribution in [3.05, 3.63) is 108 Å². The van der Waals surface area contributed by atoms with Crippen LogP contribution in [0.4, 0.5) is 0 Å². The molecule has 1 radical (unpaired) electrons. The zero-order chi connectivity index (χ0) is 12.9. The van der Waals surface area contributed by atoms with Gasteiger partial charge in [-0.3, -0.25) is 0 Å². The fraction of sp³-hybridized carbons (Fsp3) is 0.0526. The Morgan fingerprint density at radius 3 is 0.900 bits per heavy atom. The van der Waals surface area contributed by atoms with Crippen molar-refractivity contribution in [2.45, 2.75) is 5.92 Å². The molecule has 3 rings (SSSR count). The van der Waals surface area contributed by atoms with Gasteiger partial charge in [0.2, 0.25) is 0 Å². The molecule has 20 heavy (non-hydrogen) atoms. The maximum Gasteiger partial charge on any atom is 0.0339 e. The van der Waals surface area contributed by atoms with Crippen LogP contribution in [0.25, 0.3) is 0 Å². The molecule has 0 saturated carbocycles. The van der Waals surface area contributed by atoms with Gasteiger partial charge >= 0.3 is 0 Å². The van der Waals surface area contributed by atoms with Crippen LogP contribution in [0.15, 0.2) is 91.0 Å². The van der Waals surface area contributed by atoms with Gasteiger partial charge in [0.05, 0.1) is 0 Å². The molecule has 0 fully saturated rings. The molecule has 0 saturated heterocycles. The van der Waals surface area contributed by atoms with Crippen molar-refractivity contribution in [1.29, 1.82) is 0 Å². The minimum atomic E-state index is 0. The van der Waals surface area contributed by atoms with Crippen LogP contribution >= 0.6 is 0 Å². The molecule has 0 spiro atoms. The zero-order valence-electron chi connectivity index (χ0n) is 11.0. The van der Waals surface area contributed by atoms with E-state index in [0.29, 0.717) is 5.92 Å². The van der Waals surface area contributed by atoms with Crippen LogP contribution in [0.5, 0.6) is 0 Å². The number of benzene rings is 3. The topological polar surface area (TPSA) is 0 Å². The minimum absolute atomic E-state index is 0. The molecule has 3 aromatic rings. The van der Waals surface area contributed by atoms with Crippen LogP contribution in [-0.2, 0) is 22.4 Å². The Morgan fingerprint density at radius 1 is 0.400 bits per heavy atom. The molecule has 103 valence electrons. The summed E-state index contributed by atoms with van der Waals surface area (Å²) in [6.07, 6.45) is 0. The monoisotopic (exact) mass is 441 g/mol. The summed E-state index contributed by atoms with van der Waals surface area (Å²) < 4.78 is 0. The molecule has 0 aliphatic rings. The predicted octanol–water partition coefficient (Wildman–Crippen LogP) is 4.86. The van der Waals surface area contributed by atoms with Crippen LogP contribution in [0, 0.1) is 0 Å². The van der Waals surface area contributed by atoms with Crippen molar-refractivity contribution in [2.75, 3.05) is 0 Å². The van der Waals surface area contributed by atoms with Gasteiger partial charge in [0, 0.05) is 28.3 Å². The van der Waals surface area contributed by atoms with E-state index in [9.17, 15) is 0 Å². The summed E-state index contributed by atoms with van der Waals surface area (Å²) in [5.41, 5.74) is 4.00. The first-order valence-corrected chi connectivity index (χ1v) is 6.60. The molecular weight excluding hydrogens is 425 g/mol. The van der Waals surface area contributed by atoms with E-state index in [4.69, 9.17) is 0 Å². The molecule has 3 aromatic carbocycles. The molecule has 0 unspecified atom stereocenters. The van der Waals surface area contributed by atoms with Crippen LogP contribution in [0.3, 0.4) is 0 Å². The molecule has 0 heterocycles. The SMILES string of the molecule is [Au].c1ccc(C(c2ccccc2)c2ccccc2)cc1. The van der Waals surface area contributed by atoms with Crippen molar-refractivity contribution in [2.24, 2.45) is 0 Å². The van der Waals surface area contributed by atoms with E-state index in [1.807, 2.05) is 0 Å². The number of hydrogen-bond donors (Lipinski definition) is 0. The van der Waals surface area contributed by atoms with Crippen molar-refractivity contribution in [3.8, 4) is 0 Å². The first kappa shape index (κ1) is 14.8. The van der Waals surface area contributed by atoms with Gasteiger partial charge in [0.25, 0.3) is 0 Å². The minimum Gasteiger partial charge on any atom is -0.0622 e. The normalized spacial score (nSPS) is 10.1. The molecule has 0 N–H and O–H groups in total. The fourth-order valence-corrected chi connectivity index (χ4v) is 2.51. The summed E-state index contributed by atoms with van der Waals surface area (Å²) in [5.74, 6) is 0.309. The van der Waals surface area contributed by atoms with Gasteiger partial charge in [-0.25, -0.2) is 0 Å². The summed E-state index contributed by atoms with van der Waals surface area (Å²) in [7, 11) is 0. The van der Waals surface area contributed by atoms with Crippen molar-refractivity contribution in [1.82, 2.24) is 0 Å². The van der Waals surface area contributed by atoms with E-state index < -0.39 is 0 Å². The molecule has 0 aromatic heterocycles. The average molecular weight is 441 g/mol. The van der Waals surface area contributed by atoms with Gasteiger partial charge in [-0.05, 0) is 16.7 Å². The average Bonchev–Trinajstić information content (AvgIpc) is 2.51. The summed E-state index contributed by atoms with van der Waals surface area (Å²) in [6, 6.07) is 32.0. The molecule has 0 bridgehead atoms. The van der Waals surface area contributed by atoms with Gasteiger partial charge in [0.1, 0.15) is 0 Å². The quantitative estimate of drug-likeness (QED) is 0.402. The van der Waals surface area contributed by atoms with Gasteiger partial charge in [-0.15, -0.1) is 0 Å². The van der Waals surface area contributed by atoms with Gasteiger partial charge in [-0.1, -0.05) is 91.0 Å². The Kier molecular flexibility index (Phi) is 5.37. The maximum atomic E-state index is 2.20. The Hall–Kier alpha value is -1.60. The van der Waals surface area contributed by atoms with Gasteiger partial charge in [-0.2, -0.15) is 0 Å². The summed E-state index contributed by atoms with van der Waals surface area (Å²) in [6.45, 7) is 0. The molecule has 1 heteroatoms. The van der Waals surface area contributed by atoms with Gasteiger partial charge in [0.15, 0.2) is 0 Å². The van der Waals surface area contributed by atoms with Crippen LogP contribution in [-0.4, -0.2) is 0 Å². The van der Waals surface area contributed by atoms with Crippen LogP contribution < -0.4 is 0 Å². The molecule has 0 aliphatic carbocycles. The summed E-state index contributed by atoms with van der Waals surface area (Å²) >= 11 is 0. The molecule has 0 amide bonds. The Labute approximate surface area is 136 Å². The maximum absolute atomic E-state index is 2.20. The van der Waals surface area contributed by atoms with E-state index in [1.54, 1.807) is 0 Å². The third kappa shape index (κ3) is 3.29. The van der Waals surface area contributed by atoms with Gasteiger partial charge < -0.3 is 0 Å². The molecule has 0 nitrogen and oxygen atoms in total. The molecular formula is C19H16Au. The van der Waals surface area contributed by atoms with E-state index in [-0.39, 0.29) is 22.4 Å². The van der Waals surface area contributed by atoms with Crippen molar-refractivity contribution >= 4 is 0 Å². The summed E-state index contributed by atoms with van der Waals surface area (Å²) in [4.78, 5) is 0. The zero-order valence-corrected chi connectivity index (χ0v) is 13.2.